The van der Waals surface area contributed by atoms with Gasteiger partial charge in [0, 0.05) is 39.1 Å². The molecular formula is C23H19BrN2O2S. The van der Waals surface area contributed by atoms with Gasteiger partial charge in [-0.3, -0.25) is 9.78 Å². The van der Waals surface area contributed by atoms with E-state index in [1.54, 1.807) is 24.4 Å². The monoisotopic (exact) mass is 466 g/mol. The minimum Gasteiger partial charge on any atom is -0.266 e. The molecular weight excluding hydrogens is 448 g/mol. The molecule has 0 saturated heterocycles. The third-order valence-electron chi connectivity index (χ3n) is 4.05. The number of aromatic nitrogens is 1. The van der Waals surface area contributed by atoms with Crippen molar-refractivity contribution < 1.29 is 9.00 Å². The van der Waals surface area contributed by atoms with E-state index in [9.17, 15) is 9.00 Å². The topological polar surface area (TPSA) is 59.4 Å². The largest absolute Gasteiger partial charge is 0.286 e. The second-order valence-electron chi connectivity index (χ2n) is 6.75. The van der Waals surface area contributed by atoms with Crippen molar-refractivity contribution in [1.82, 2.24) is 4.98 Å². The second-order valence-corrected chi connectivity index (χ2v) is 9.92. The van der Waals surface area contributed by atoms with Gasteiger partial charge in [0.2, 0.25) is 0 Å². The van der Waals surface area contributed by atoms with Crippen molar-refractivity contribution in [2.75, 3.05) is 6.26 Å². The Morgan fingerprint density at radius 1 is 1.00 bits per heavy atom. The Labute approximate surface area is 179 Å². The molecule has 0 N–H and O–H groups in total. The highest BCUT2D eigenvalue weighted by Gasteiger charge is 2.13. The summed E-state index contributed by atoms with van der Waals surface area (Å²) in [4.78, 5) is 17.3. The Morgan fingerprint density at radius 3 is 2.38 bits per heavy atom. The molecule has 1 atom stereocenters. The molecule has 2 aromatic carbocycles. The zero-order valence-corrected chi connectivity index (χ0v) is 18.7. The molecule has 0 bridgehead atoms. The molecule has 4 nitrogen and oxygen atoms in total. The van der Waals surface area contributed by atoms with Crippen molar-refractivity contribution in [2.24, 2.45) is 4.36 Å². The van der Waals surface area contributed by atoms with Crippen LogP contribution in [-0.4, -0.2) is 21.4 Å². The highest BCUT2D eigenvalue weighted by atomic mass is 79.9. The number of rotatable bonds is 2. The maximum atomic E-state index is 13.1. The number of hydrogen-bond acceptors (Lipinski definition) is 3. The number of benzene rings is 2. The number of amides is 1. The van der Waals surface area contributed by atoms with E-state index in [2.05, 4.69) is 37.1 Å². The highest BCUT2D eigenvalue weighted by Crippen LogP contribution is 2.17. The maximum absolute atomic E-state index is 13.1. The standard InChI is InChI=1S/C23H19BrN2O2S/c1-16-9-17(2)11-22(10-16)29(3,28)26-23(27)20-12-19(14-25-15-20)8-7-18-5-4-6-21(24)13-18/h4-6,9-15H,1-3H3. The van der Waals surface area contributed by atoms with Crippen LogP contribution in [0.2, 0.25) is 0 Å². The van der Waals surface area contributed by atoms with Crippen molar-refractivity contribution in [2.45, 2.75) is 18.7 Å². The zero-order valence-electron chi connectivity index (χ0n) is 16.3. The summed E-state index contributed by atoms with van der Waals surface area (Å²) in [6.45, 7) is 3.84. The summed E-state index contributed by atoms with van der Waals surface area (Å²) >= 11 is 3.41. The molecule has 0 spiro atoms. The molecule has 0 radical (unpaired) electrons. The molecule has 0 fully saturated rings. The quantitative estimate of drug-likeness (QED) is 0.490. The Hall–Kier alpha value is -2.75. The summed E-state index contributed by atoms with van der Waals surface area (Å²) in [6, 6.07) is 14.8. The predicted molar refractivity (Wildman–Crippen MR) is 119 cm³/mol. The van der Waals surface area contributed by atoms with E-state index >= 15 is 0 Å². The van der Waals surface area contributed by atoms with E-state index in [1.165, 1.54) is 12.5 Å². The summed E-state index contributed by atoms with van der Waals surface area (Å²) in [5, 5.41) is 0. The van der Waals surface area contributed by atoms with Crippen molar-refractivity contribution in [3.8, 4) is 11.8 Å². The summed E-state index contributed by atoms with van der Waals surface area (Å²) in [5.41, 5.74) is 3.63. The first-order chi connectivity index (χ1) is 13.7. The van der Waals surface area contributed by atoms with Crippen molar-refractivity contribution in [3.63, 3.8) is 0 Å². The highest BCUT2D eigenvalue weighted by molar-refractivity contribution is 9.10. The van der Waals surface area contributed by atoms with E-state index < -0.39 is 15.6 Å². The lowest BCUT2D eigenvalue weighted by Gasteiger charge is -2.07. The Kier molecular flexibility index (Phi) is 6.31. The van der Waals surface area contributed by atoms with Gasteiger partial charge in [-0.2, -0.15) is 4.36 Å². The molecule has 1 amide bonds. The van der Waals surface area contributed by atoms with Gasteiger partial charge in [-0.15, -0.1) is 0 Å². The molecule has 1 unspecified atom stereocenters. The number of halogens is 1. The summed E-state index contributed by atoms with van der Waals surface area (Å²) < 4.78 is 18.0. The zero-order chi connectivity index (χ0) is 21.0. The first-order valence-electron chi connectivity index (χ1n) is 8.80. The molecule has 3 aromatic rings. The summed E-state index contributed by atoms with van der Waals surface area (Å²) in [6.07, 6.45) is 4.46. The number of pyridine rings is 1. The smallest absolute Gasteiger partial charge is 0.266 e. The third kappa shape index (κ3) is 5.63. The minimum atomic E-state index is -2.87. The number of carbonyl (C=O) groups excluding carboxylic acids is 1. The lowest BCUT2D eigenvalue weighted by atomic mass is 10.2. The molecule has 29 heavy (non-hydrogen) atoms. The Balaban J connectivity index is 1.91. The van der Waals surface area contributed by atoms with Gasteiger partial charge < -0.3 is 0 Å². The first kappa shape index (κ1) is 21.0. The van der Waals surface area contributed by atoms with Crippen LogP contribution in [0.3, 0.4) is 0 Å². The molecule has 1 aromatic heterocycles. The fourth-order valence-electron chi connectivity index (χ4n) is 2.75. The summed E-state index contributed by atoms with van der Waals surface area (Å²) in [5.74, 6) is 5.46. The van der Waals surface area contributed by atoms with E-state index in [1.807, 2.05) is 44.2 Å². The molecule has 0 aliphatic heterocycles. The van der Waals surface area contributed by atoms with Crippen LogP contribution in [0.25, 0.3) is 0 Å². The fourth-order valence-corrected chi connectivity index (χ4v) is 4.49. The van der Waals surface area contributed by atoms with Gasteiger partial charge in [0.1, 0.15) is 0 Å². The molecule has 0 saturated carbocycles. The molecule has 146 valence electrons. The van der Waals surface area contributed by atoms with Crippen molar-refractivity contribution >= 4 is 31.6 Å². The average molecular weight is 467 g/mol. The van der Waals surface area contributed by atoms with Gasteiger partial charge in [-0.1, -0.05) is 39.9 Å². The fraction of sp³-hybridized carbons (Fsp3) is 0.130. The predicted octanol–water partition coefficient (Wildman–Crippen LogP) is 5.16. The second kappa shape index (κ2) is 8.73. The minimum absolute atomic E-state index is 0.255. The lowest BCUT2D eigenvalue weighted by molar-refractivity contribution is 0.100. The van der Waals surface area contributed by atoms with Crippen LogP contribution >= 0.6 is 15.9 Å². The van der Waals surface area contributed by atoms with E-state index in [4.69, 9.17) is 0 Å². The van der Waals surface area contributed by atoms with Crippen LogP contribution in [0.15, 0.2) is 74.7 Å². The van der Waals surface area contributed by atoms with Crippen LogP contribution in [0.4, 0.5) is 0 Å². The van der Waals surface area contributed by atoms with Gasteiger partial charge in [0.25, 0.3) is 5.91 Å². The molecule has 0 aliphatic rings. The number of nitrogens with zero attached hydrogens (tertiary/aromatic N) is 2. The molecule has 1 heterocycles. The van der Waals surface area contributed by atoms with Gasteiger partial charge in [0.05, 0.1) is 15.3 Å². The van der Waals surface area contributed by atoms with Gasteiger partial charge in [-0.05, 0) is 61.4 Å². The number of carbonyl (C=O) groups is 1. The molecule has 6 heteroatoms. The normalized spacial score (nSPS) is 12.4. The van der Waals surface area contributed by atoms with Crippen LogP contribution in [0.1, 0.15) is 32.6 Å². The van der Waals surface area contributed by atoms with Gasteiger partial charge in [0.15, 0.2) is 0 Å². The Bertz CT molecular complexity index is 1260. The van der Waals surface area contributed by atoms with Gasteiger partial charge in [-0.25, -0.2) is 4.21 Å². The van der Waals surface area contributed by atoms with E-state index in [0.717, 1.165) is 21.2 Å². The third-order valence-corrected chi connectivity index (χ3v) is 6.17. The number of aryl methyl sites for hydroxylation is 2. The van der Waals surface area contributed by atoms with Crippen LogP contribution in [0.5, 0.6) is 0 Å². The van der Waals surface area contributed by atoms with E-state index in [0.29, 0.717) is 10.5 Å². The van der Waals surface area contributed by atoms with Crippen molar-refractivity contribution in [3.05, 3.63) is 93.2 Å². The maximum Gasteiger partial charge on any atom is 0.286 e. The van der Waals surface area contributed by atoms with Crippen LogP contribution in [-0.2, 0) is 9.73 Å². The molecule has 0 aliphatic carbocycles. The Morgan fingerprint density at radius 2 is 1.69 bits per heavy atom. The van der Waals surface area contributed by atoms with Crippen LogP contribution < -0.4 is 0 Å². The van der Waals surface area contributed by atoms with E-state index in [-0.39, 0.29) is 5.56 Å². The van der Waals surface area contributed by atoms with Crippen molar-refractivity contribution in [1.29, 1.82) is 0 Å². The average Bonchev–Trinajstić information content (AvgIpc) is 2.65. The SMILES string of the molecule is Cc1cc(C)cc(S(C)(=O)=NC(=O)c2cncc(C#Cc3cccc(Br)c3)c2)c1. The number of hydrogen-bond donors (Lipinski definition) is 0. The van der Waals surface area contributed by atoms with Gasteiger partial charge >= 0.3 is 0 Å². The summed E-state index contributed by atoms with van der Waals surface area (Å²) in [7, 11) is -2.87. The van der Waals surface area contributed by atoms with Crippen LogP contribution in [0, 0.1) is 25.7 Å². The lowest BCUT2D eigenvalue weighted by Crippen LogP contribution is -2.05. The first-order valence-corrected chi connectivity index (χ1v) is 11.5. The molecule has 3 rings (SSSR count).